The van der Waals surface area contributed by atoms with E-state index in [2.05, 4.69) is 0 Å². The molecular weight excluding hydrogens is 208 g/mol. The summed E-state index contributed by atoms with van der Waals surface area (Å²) in [5.41, 5.74) is 0.890. The zero-order valence-electron chi connectivity index (χ0n) is 8.72. The minimum absolute atomic E-state index is 0.173. The third-order valence-corrected chi connectivity index (χ3v) is 2.36. The number of ether oxygens (including phenoxy) is 2. The van der Waals surface area contributed by atoms with Gasteiger partial charge in [-0.25, -0.2) is 4.79 Å². The summed E-state index contributed by atoms with van der Waals surface area (Å²) in [6.45, 7) is 0.483. The molecule has 1 fully saturated rings. The van der Waals surface area contributed by atoms with Crippen LogP contribution in [0.25, 0.3) is 0 Å². The molecule has 1 heterocycles. The Hall–Kier alpha value is -1.68. The Morgan fingerprint density at radius 3 is 2.75 bits per heavy atom. The zero-order chi connectivity index (χ0) is 11.4. The van der Waals surface area contributed by atoms with Gasteiger partial charge in [0, 0.05) is 6.42 Å². The quantitative estimate of drug-likeness (QED) is 0.565. The van der Waals surface area contributed by atoms with Crippen molar-refractivity contribution in [2.45, 2.75) is 19.1 Å². The predicted molar refractivity (Wildman–Crippen MR) is 55.6 cm³/mol. The van der Waals surface area contributed by atoms with Crippen LogP contribution < -0.4 is 0 Å². The Kier molecular flexibility index (Phi) is 3.31. The van der Waals surface area contributed by atoms with Gasteiger partial charge in [0.1, 0.15) is 6.61 Å². The molecule has 0 radical (unpaired) electrons. The van der Waals surface area contributed by atoms with E-state index in [1.165, 1.54) is 0 Å². The number of Topliss-reactive ketones (excluding diaryl/α,β-unsaturated/α-hetero) is 1. The van der Waals surface area contributed by atoms with E-state index in [4.69, 9.17) is 9.47 Å². The minimum atomic E-state index is -1.01. The Bertz CT molecular complexity index is 385. The molecule has 0 spiro atoms. The first-order valence-electron chi connectivity index (χ1n) is 5.12. The van der Waals surface area contributed by atoms with Crippen molar-refractivity contribution in [3.63, 3.8) is 0 Å². The number of benzene rings is 1. The van der Waals surface area contributed by atoms with Crippen LogP contribution in [0.4, 0.5) is 0 Å². The van der Waals surface area contributed by atoms with Crippen molar-refractivity contribution in [1.29, 1.82) is 0 Å². The van der Waals surface area contributed by atoms with Crippen molar-refractivity contribution in [2.24, 2.45) is 0 Å². The summed E-state index contributed by atoms with van der Waals surface area (Å²) < 4.78 is 9.99. The van der Waals surface area contributed by atoms with Crippen molar-refractivity contribution in [1.82, 2.24) is 0 Å². The Morgan fingerprint density at radius 2 is 2.12 bits per heavy atom. The van der Waals surface area contributed by atoms with E-state index in [1.54, 1.807) is 0 Å². The third-order valence-electron chi connectivity index (χ3n) is 2.36. The first-order valence-corrected chi connectivity index (χ1v) is 5.12. The number of esters is 1. The molecule has 0 aliphatic carbocycles. The Balaban J connectivity index is 1.86. The van der Waals surface area contributed by atoms with Crippen molar-refractivity contribution in [2.75, 3.05) is 6.61 Å². The lowest BCUT2D eigenvalue weighted by molar-refractivity contribution is -0.158. The monoisotopic (exact) mass is 220 g/mol. The highest BCUT2D eigenvalue weighted by atomic mass is 16.6. The summed E-state index contributed by atoms with van der Waals surface area (Å²) in [6, 6.07) is 9.31. The SMILES string of the molecule is O=C1CCOC1C(=O)OCc1ccccc1. The number of rotatable bonds is 3. The molecule has 0 aromatic heterocycles. The molecule has 1 aliphatic heterocycles. The molecule has 0 amide bonds. The first-order chi connectivity index (χ1) is 7.77. The fourth-order valence-electron chi connectivity index (χ4n) is 1.51. The normalized spacial score (nSPS) is 19.8. The highest BCUT2D eigenvalue weighted by molar-refractivity contribution is 6.03. The highest BCUT2D eigenvalue weighted by Gasteiger charge is 2.33. The van der Waals surface area contributed by atoms with Gasteiger partial charge in [0.25, 0.3) is 0 Å². The summed E-state index contributed by atoms with van der Waals surface area (Å²) in [7, 11) is 0. The number of ketones is 1. The van der Waals surface area contributed by atoms with Crippen molar-refractivity contribution >= 4 is 11.8 Å². The number of hydrogen-bond acceptors (Lipinski definition) is 4. The molecule has 0 N–H and O–H groups in total. The smallest absolute Gasteiger partial charge is 0.343 e. The van der Waals surface area contributed by atoms with Gasteiger partial charge in [-0.3, -0.25) is 4.79 Å². The maximum atomic E-state index is 11.5. The van der Waals surface area contributed by atoms with Crippen LogP contribution in [0.2, 0.25) is 0 Å². The molecule has 1 unspecified atom stereocenters. The third kappa shape index (κ3) is 2.46. The van der Waals surface area contributed by atoms with Crippen LogP contribution in [0, 0.1) is 0 Å². The summed E-state index contributed by atoms with van der Waals surface area (Å²) in [4.78, 5) is 22.7. The number of carbonyl (C=O) groups excluding carboxylic acids is 2. The van der Waals surface area contributed by atoms with Crippen LogP contribution in [0.5, 0.6) is 0 Å². The summed E-state index contributed by atoms with van der Waals surface area (Å²) >= 11 is 0. The molecule has 84 valence electrons. The topological polar surface area (TPSA) is 52.6 Å². The summed E-state index contributed by atoms with van der Waals surface area (Å²) in [5.74, 6) is -0.788. The molecule has 1 aromatic rings. The first kappa shape index (κ1) is 10.8. The van der Waals surface area contributed by atoms with Crippen LogP contribution in [0.3, 0.4) is 0 Å². The van der Waals surface area contributed by atoms with Gasteiger partial charge in [0.05, 0.1) is 6.61 Å². The fraction of sp³-hybridized carbons (Fsp3) is 0.333. The van der Waals surface area contributed by atoms with E-state index in [-0.39, 0.29) is 12.4 Å². The molecule has 1 saturated heterocycles. The van der Waals surface area contributed by atoms with E-state index in [9.17, 15) is 9.59 Å². The van der Waals surface area contributed by atoms with Gasteiger partial charge in [-0.15, -0.1) is 0 Å². The second kappa shape index (κ2) is 4.90. The maximum absolute atomic E-state index is 11.5. The Labute approximate surface area is 93.2 Å². The second-order valence-electron chi connectivity index (χ2n) is 3.56. The average molecular weight is 220 g/mol. The van der Waals surface area contributed by atoms with E-state index in [1.807, 2.05) is 30.3 Å². The number of hydrogen-bond donors (Lipinski definition) is 0. The molecule has 0 bridgehead atoms. The van der Waals surface area contributed by atoms with Gasteiger partial charge in [-0.05, 0) is 5.56 Å². The molecule has 1 aromatic carbocycles. The van der Waals surface area contributed by atoms with Crippen LogP contribution in [-0.4, -0.2) is 24.5 Å². The zero-order valence-corrected chi connectivity index (χ0v) is 8.72. The molecule has 2 rings (SSSR count). The van der Waals surface area contributed by atoms with Crippen LogP contribution in [0.15, 0.2) is 30.3 Å². The van der Waals surface area contributed by atoms with Crippen molar-refractivity contribution < 1.29 is 19.1 Å². The van der Waals surface area contributed by atoms with Gasteiger partial charge >= 0.3 is 5.97 Å². The second-order valence-corrected chi connectivity index (χ2v) is 3.56. The Morgan fingerprint density at radius 1 is 1.38 bits per heavy atom. The van der Waals surface area contributed by atoms with Crippen LogP contribution in [0.1, 0.15) is 12.0 Å². The summed E-state index contributed by atoms with van der Waals surface area (Å²) in [6.07, 6.45) is -0.714. The average Bonchev–Trinajstić information content (AvgIpc) is 2.74. The molecular formula is C12H12O4. The standard InChI is InChI=1S/C12H12O4/c13-10-6-7-15-11(10)12(14)16-8-9-4-2-1-3-5-9/h1-5,11H,6-8H2. The lowest BCUT2D eigenvalue weighted by Crippen LogP contribution is -2.28. The fourth-order valence-corrected chi connectivity index (χ4v) is 1.51. The molecule has 16 heavy (non-hydrogen) atoms. The largest absolute Gasteiger partial charge is 0.459 e. The van der Waals surface area contributed by atoms with E-state index >= 15 is 0 Å². The molecule has 1 atom stereocenters. The van der Waals surface area contributed by atoms with Gasteiger partial charge < -0.3 is 9.47 Å². The molecule has 4 nitrogen and oxygen atoms in total. The van der Waals surface area contributed by atoms with E-state index in [0.29, 0.717) is 13.0 Å². The van der Waals surface area contributed by atoms with Crippen molar-refractivity contribution in [3.05, 3.63) is 35.9 Å². The lowest BCUT2D eigenvalue weighted by Gasteiger charge is -2.08. The van der Waals surface area contributed by atoms with Gasteiger partial charge in [-0.2, -0.15) is 0 Å². The van der Waals surface area contributed by atoms with Gasteiger partial charge in [-0.1, -0.05) is 30.3 Å². The van der Waals surface area contributed by atoms with Crippen LogP contribution in [-0.2, 0) is 25.7 Å². The minimum Gasteiger partial charge on any atom is -0.459 e. The number of carbonyl (C=O) groups is 2. The van der Waals surface area contributed by atoms with E-state index < -0.39 is 12.1 Å². The summed E-state index contributed by atoms with van der Waals surface area (Å²) in [5, 5.41) is 0. The molecule has 0 saturated carbocycles. The highest BCUT2D eigenvalue weighted by Crippen LogP contribution is 2.11. The molecule has 1 aliphatic rings. The van der Waals surface area contributed by atoms with Crippen molar-refractivity contribution in [3.8, 4) is 0 Å². The predicted octanol–water partition coefficient (Wildman–Crippen LogP) is 1.09. The lowest BCUT2D eigenvalue weighted by atomic mass is 10.2. The van der Waals surface area contributed by atoms with E-state index in [0.717, 1.165) is 5.56 Å². The van der Waals surface area contributed by atoms with Gasteiger partial charge in [0.2, 0.25) is 6.10 Å². The van der Waals surface area contributed by atoms with Crippen LogP contribution >= 0.6 is 0 Å². The van der Waals surface area contributed by atoms with Gasteiger partial charge in [0.15, 0.2) is 5.78 Å². The molecule has 4 heteroatoms. The maximum Gasteiger partial charge on any atom is 0.343 e.